The van der Waals surface area contributed by atoms with Crippen LogP contribution in [0.5, 0.6) is 17.2 Å². The first-order chi connectivity index (χ1) is 15.8. The van der Waals surface area contributed by atoms with Crippen LogP contribution in [0.3, 0.4) is 0 Å². The summed E-state index contributed by atoms with van der Waals surface area (Å²) in [6.45, 7) is 1.31. The maximum absolute atomic E-state index is 6.30. The highest BCUT2D eigenvalue weighted by Crippen LogP contribution is 2.38. The van der Waals surface area contributed by atoms with Crippen molar-refractivity contribution in [2.24, 2.45) is 0 Å². The summed E-state index contributed by atoms with van der Waals surface area (Å²) in [6.07, 6.45) is 0. The van der Waals surface area contributed by atoms with Crippen LogP contribution in [0, 0.1) is 0 Å². The summed E-state index contributed by atoms with van der Waals surface area (Å²) < 4.78 is 18.4. The molecule has 4 aromatic rings. The highest BCUT2D eigenvalue weighted by Gasteiger charge is 2.15. The summed E-state index contributed by atoms with van der Waals surface area (Å²) in [6, 6.07) is 33.9. The predicted molar refractivity (Wildman–Crippen MR) is 128 cm³/mol. The molecule has 0 atom stereocenters. The summed E-state index contributed by atoms with van der Waals surface area (Å²) >= 11 is 6.30. The average molecular weight is 445 g/mol. The second-order valence-corrected chi connectivity index (χ2v) is 7.63. The van der Waals surface area contributed by atoms with Crippen molar-refractivity contribution in [2.45, 2.75) is 25.7 Å². The SMILES string of the molecule is ClCc1cc(OCc2ccccc2)cc(OCc2ccccc2)c1OCc1ccccc1. The lowest BCUT2D eigenvalue weighted by atomic mass is 10.1. The highest BCUT2D eigenvalue weighted by atomic mass is 35.5. The van der Waals surface area contributed by atoms with Gasteiger partial charge in [0.1, 0.15) is 25.6 Å². The number of rotatable bonds is 10. The Labute approximate surface area is 194 Å². The average Bonchev–Trinajstić information content (AvgIpc) is 2.87. The molecule has 0 radical (unpaired) electrons. The Balaban J connectivity index is 1.58. The third-order valence-electron chi connectivity index (χ3n) is 4.96. The Kier molecular flexibility index (Phi) is 7.67. The summed E-state index contributed by atoms with van der Waals surface area (Å²) in [7, 11) is 0. The van der Waals surface area contributed by atoms with Gasteiger partial charge in [-0.1, -0.05) is 91.0 Å². The molecule has 0 aliphatic carbocycles. The second kappa shape index (κ2) is 11.3. The van der Waals surface area contributed by atoms with E-state index in [1.54, 1.807) is 0 Å². The van der Waals surface area contributed by atoms with Gasteiger partial charge in [0.2, 0.25) is 0 Å². The standard InChI is InChI=1S/C28H25ClO3/c29-18-25-16-26(30-19-22-10-4-1-5-11-22)17-27(31-20-23-12-6-2-7-13-23)28(25)32-21-24-14-8-3-9-15-24/h1-17H,18-21H2. The molecule has 0 aliphatic heterocycles. The van der Waals surface area contributed by atoms with Crippen LogP contribution in [-0.2, 0) is 25.7 Å². The Bertz CT molecular complexity index is 1100. The summed E-state index contributed by atoms with van der Waals surface area (Å²) in [5, 5.41) is 0. The van der Waals surface area contributed by atoms with Crippen LogP contribution in [0.25, 0.3) is 0 Å². The van der Waals surface area contributed by atoms with E-state index < -0.39 is 0 Å². The van der Waals surface area contributed by atoms with E-state index in [1.807, 2.05) is 103 Å². The van der Waals surface area contributed by atoms with Crippen molar-refractivity contribution in [3.8, 4) is 17.2 Å². The van der Waals surface area contributed by atoms with E-state index in [2.05, 4.69) is 0 Å². The van der Waals surface area contributed by atoms with Crippen molar-refractivity contribution in [2.75, 3.05) is 0 Å². The van der Waals surface area contributed by atoms with Gasteiger partial charge in [-0.25, -0.2) is 0 Å². The highest BCUT2D eigenvalue weighted by molar-refractivity contribution is 6.17. The van der Waals surface area contributed by atoms with Gasteiger partial charge < -0.3 is 14.2 Å². The molecule has 0 aromatic heterocycles. The van der Waals surface area contributed by atoms with Crippen molar-refractivity contribution < 1.29 is 14.2 Å². The van der Waals surface area contributed by atoms with E-state index in [0.717, 1.165) is 22.3 Å². The van der Waals surface area contributed by atoms with Gasteiger partial charge in [0.15, 0.2) is 11.5 Å². The molecule has 0 aliphatic rings. The van der Waals surface area contributed by atoms with Crippen LogP contribution < -0.4 is 14.2 Å². The van der Waals surface area contributed by atoms with Gasteiger partial charge in [-0.05, 0) is 22.8 Å². The maximum Gasteiger partial charge on any atom is 0.166 e. The third kappa shape index (κ3) is 6.05. The molecule has 4 aromatic carbocycles. The monoisotopic (exact) mass is 444 g/mol. The molecule has 0 bridgehead atoms. The summed E-state index contributed by atoms with van der Waals surface area (Å²) in [5.41, 5.74) is 4.07. The molecule has 0 saturated carbocycles. The Morgan fingerprint density at radius 3 is 1.50 bits per heavy atom. The first-order valence-corrected chi connectivity index (χ1v) is 11.1. The van der Waals surface area contributed by atoms with Gasteiger partial charge in [-0.2, -0.15) is 0 Å². The molecular weight excluding hydrogens is 420 g/mol. The van der Waals surface area contributed by atoms with Gasteiger partial charge in [0.25, 0.3) is 0 Å². The van der Waals surface area contributed by atoms with Crippen LogP contribution >= 0.6 is 11.6 Å². The van der Waals surface area contributed by atoms with Crippen molar-refractivity contribution in [3.63, 3.8) is 0 Å². The maximum atomic E-state index is 6.30. The largest absolute Gasteiger partial charge is 0.489 e. The fourth-order valence-electron chi connectivity index (χ4n) is 3.29. The number of hydrogen-bond acceptors (Lipinski definition) is 3. The predicted octanol–water partition coefficient (Wildman–Crippen LogP) is 7.16. The van der Waals surface area contributed by atoms with Gasteiger partial charge in [-0.15, -0.1) is 11.6 Å². The Hall–Kier alpha value is -3.43. The molecule has 32 heavy (non-hydrogen) atoms. The van der Waals surface area contributed by atoms with Gasteiger partial charge >= 0.3 is 0 Å². The number of ether oxygens (including phenoxy) is 3. The van der Waals surface area contributed by atoms with Crippen LogP contribution in [0.1, 0.15) is 22.3 Å². The fourth-order valence-corrected chi connectivity index (χ4v) is 3.49. The zero-order chi connectivity index (χ0) is 22.0. The van der Waals surface area contributed by atoms with Gasteiger partial charge in [-0.3, -0.25) is 0 Å². The minimum Gasteiger partial charge on any atom is -0.489 e. The molecule has 0 amide bonds. The summed E-state index contributed by atoms with van der Waals surface area (Å²) in [5.74, 6) is 2.24. The lowest BCUT2D eigenvalue weighted by Crippen LogP contribution is -2.04. The van der Waals surface area contributed by atoms with Crippen LogP contribution in [0.15, 0.2) is 103 Å². The molecule has 0 saturated heterocycles. The minimum absolute atomic E-state index is 0.286. The normalized spacial score (nSPS) is 10.5. The smallest absolute Gasteiger partial charge is 0.166 e. The zero-order valence-corrected chi connectivity index (χ0v) is 18.5. The van der Waals surface area contributed by atoms with E-state index in [-0.39, 0.29) is 5.88 Å². The molecule has 0 heterocycles. The molecule has 162 valence electrons. The van der Waals surface area contributed by atoms with E-state index in [9.17, 15) is 0 Å². The van der Waals surface area contributed by atoms with E-state index in [1.165, 1.54) is 0 Å². The van der Waals surface area contributed by atoms with Crippen LogP contribution in [-0.4, -0.2) is 0 Å². The molecule has 4 rings (SSSR count). The molecule has 0 N–H and O–H groups in total. The van der Waals surface area contributed by atoms with Crippen LogP contribution in [0.4, 0.5) is 0 Å². The molecule has 0 unspecified atom stereocenters. The minimum atomic E-state index is 0.286. The van der Waals surface area contributed by atoms with Gasteiger partial charge in [0.05, 0.1) is 5.88 Å². The number of benzene rings is 4. The lowest BCUT2D eigenvalue weighted by Gasteiger charge is -2.18. The molecule has 3 nitrogen and oxygen atoms in total. The number of alkyl halides is 1. The second-order valence-electron chi connectivity index (χ2n) is 7.37. The van der Waals surface area contributed by atoms with E-state index in [0.29, 0.717) is 37.1 Å². The van der Waals surface area contributed by atoms with Crippen molar-refractivity contribution in [3.05, 3.63) is 125 Å². The van der Waals surface area contributed by atoms with E-state index >= 15 is 0 Å². The van der Waals surface area contributed by atoms with Crippen molar-refractivity contribution in [1.29, 1.82) is 0 Å². The third-order valence-corrected chi connectivity index (χ3v) is 5.25. The lowest BCUT2D eigenvalue weighted by molar-refractivity contribution is 0.249. The first kappa shape index (κ1) is 21.8. The number of halogens is 1. The number of hydrogen-bond donors (Lipinski definition) is 0. The quantitative estimate of drug-likeness (QED) is 0.243. The molecule has 4 heteroatoms. The zero-order valence-electron chi connectivity index (χ0n) is 17.7. The van der Waals surface area contributed by atoms with Gasteiger partial charge in [0, 0.05) is 11.6 Å². The van der Waals surface area contributed by atoms with Crippen molar-refractivity contribution >= 4 is 11.6 Å². The Morgan fingerprint density at radius 2 is 1.00 bits per heavy atom. The summed E-state index contributed by atoms with van der Waals surface area (Å²) in [4.78, 5) is 0. The fraction of sp³-hybridized carbons (Fsp3) is 0.143. The molecular formula is C28H25ClO3. The van der Waals surface area contributed by atoms with E-state index in [4.69, 9.17) is 25.8 Å². The first-order valence-electron chi connectivity index (χ1n) is 10.5. The van der Waals surface area contributed by atoms with Crippen LogP contribution in [0.2, 0.25) is 0 Å². The Morgan fingerprint density at radius 1 is 0.531 bits per heavy atom. The van der Waals surface area contributed by atoms with Crippen molar-refractivity contribution in [1.82, 2.24) is 0 Å². The molecule has 0 spiro atoms. The topological polar surface area (TPSA) is 27.7 Å². The molecule has 0 fully saturated rings.